The monoisotopic (exact) mass is 1130 g/mol. The molecule has 0 radical (unpaired) electrons. The Hall–Kier alpha value is -5.39. The topological polar surface area (TPSA) is 253 Å². The summed E-state index contributed by atoms with van der Waals surface area (Å²) in [5.41, 5.74) is 7.65. The van der Waals surface area contributed by atoms with Crippen LogP contribution in [0.1, 0.15) is 206 Å². The average molecular weight is 1130 g/mol. The van der Waals surface area contributed by atoms with Gasteiger partial charge < -0.3 is 44.6 Å². The fraction of sp³-hybridized carbons (Fsp3) is 0.762. The molecule has 5 rings (SSSR count). The number of aliphatic imine (C=N–C) groups is 3. The number of aliphatic hydroxyl groups excluding tert-OH is 1. The summed E-state index contributed by atoms with van der Waals surface area (Å²) in [5, 5.41) is 15.0. The second kappa shape index (κ2) is 28.7. The first-order valence-corrected chi connectivity index (χ1v) is 30.4. The molecule has 0 aromatic rings. The first-order chi connectivity index (χ1) is 38.3. The third-order valence-corrected chi connectivity index (χ3v) is 18.3. The van der Waals surface area contributed by atoms with Crippen molar-refractivity contribution in [2.24, 2.45) is 66.0 Å². The van der Waals surface area contributed by atoms with Crippen molar-refractivity contribution in [2.75, 3.05) is 46.2 Å². The van der Waals surface area contributed by atoms with Gasteiger partial charge >= 0.3 is 35.8 Å². The highest BCUT2D eigenvalue weighted by Gasteiger charge is 2.67. The summed E-state index contributed by atoms with van der Waals surface area (Å²) >= 11 is 0. The molecule has 18 nitrogen and oxygen atoms in total. The lowest BCUT2D eigenvalue weighted by Gasteiger charge is -2.48. The minimum Gasteiger partial charge on any atom is -0.466 e. The third kappa shape index (κ3) is 14.2. The Labute approximate surface area is 482 Å². The molecule has 18 heteroatoms. The zero-order valence-corrected chi connectivity index (χ0v) is 51.6. The highest BCUT2D eigenvalue weighted by Crippen LogP contribution is 2.63. The Morgan fingerprint density at radius 3 is 1.52 bits per heavy atom. The molecule has 5 aliphatic rings. The van der Waals surface area contributed by atoms with Crippen LogP contribution < -0.4 is 11.1 Å². The van der Waals surface area contributed by atoms with Gasteiger partial charge in [-0.15, -0.1) is 0 Å². The number of hydrogen-bond acceptors (Lipinski definition) is 18. The molecule has 0 unspecified atom stereocenters. The number of carbonyl (C=O) groups is 6. The summed E-state index contributed by atoms with van der Waals surface area (Å²) in [6.07, 6.45) is 4.79. The molecule has 0 aromatic carbocycles. The number of fused-ring (bicyclic) bond motifs is 6. The molecular formula is C63H99N5O13. The molecular weight excluding hydrogens is 1030 g/mol. The number of nitrogens with one attached hydrogen (secondary N) is 1. The first kappa shape index (κ1) is 66.4. The predicted molar refractivity (Wildman–Crippen MR) is 312 cm³/mol. The number of hydrogen-bond donors (Lipinski definition) is 3. The van der Waals surface area contributed by atoms with Crippen LogP contribution in [0.2, 0.25) is 0 Å². The van der Waals surface area contributed by atoms with Gasteiger partial charge in [0.05, 0.1) is 75.5 Å². The number of nitrogens with two attached hydrogens (primary N) is 1. The molecule has 0 saturated carbocycles. The van der Waals surface area contributed by atoms with Gasteiger partial charge in [0.15, 0.2) is 0 Å². The summed E-state index contributed by atoms with van der Waals surface area (Å²) in [6.45, 7) is 28.9. The highest BCUT2D eigenvalue weighted by molar-refractivity contribution is 6.11. The zero-order valence-electron chi connectivity index (χ0n) is 51.6. The van der Waals surface area contributed by atoms with Crippen molar-refractivity contribution >= 4 is 53.0 Å². The van der Waals surface area contributed by atoms with E-state index >= 15 is 0 Å². The van der Waals surface area contributed by atoms with Gasteiger partial charge in [-0.2, -0.15) is 0 Å². The molecule has 0 amide bonds. The van der Waals surface area contributed by atoms with Crippen LogP contribution in [0, 0.1) is 45.3 Å². The lowest BCUT2D eigenvalue weighted by Crippen LogP contribution is -2.55. The van der Waals surface area contributed by atoms with Gasteiger partial charge in [0.2, 0.25) is 0 Å². The van der Waals surface area contributed by atoms with E-state index in [2.05, 4.69) is 26.1 Å². The number of aliphatic hydroxyl groups is 1. The van der Waals surface area contributed by atoms with Crippen molar-refractivity contribution in [1.29, 1.82) is 0 Å². The molecule has 0 aliphatic carbocycles. The van der Waals surface area contributed by atoms with Crippen LogP contribution >= 0.6 is 0 Å². The summed E-state index contributed by atoms with van der Waals surface area (Å²) in [5.74, 6) is -4.75. The van der Waals surface area contributed by atoms with Gasteiger partial charge in [-0.1, -0.05) is 76.2 Å². The van der Waals surface area contributed by atoms with Crippen LogP contribution in [0.4, 0.5) is 0 Å². The minimum absolute atomic E-state index is 0.0130. The predicted octanol–water partition coefficient (Wildman–Crippen LogP) is 10.3. The summed E-state index contributed by atoms with van der Waals surface area (Å²) in [6, 6.07) is -0.880. The van der Waals surface area contributed by atoms with Crippen LogP contribution in [0.5, 0.6) is 0 Å². The number of nitrogens with zero attached hydrogens (tertiary/aromatic N) is 3. The Kier molecular flexibility index (Phi) is 23.6. The Morgan fingerprint density at radius 1 is 0.568 bits per heavy atom. The standard InChI is InChI=1S/C63H99N5O13/c1-15-31-76-45(70)24-21-41-52-39(7)56-60(11,28-27-48(73)79-34-18-4)44(37-49(74)80-35-19-5)57(67-56)63(14)62(13,38-50(75)81-36-20-6)43(23-26-47(72)78-33-17-3)53(68-63)40(8)55-61(12,29-30-69)42(22-25-46(71)77-32-16-2)54(66-55)51(64)58(65-52)59(41,9)10/h41-44,57,66,69H,15-38,64H2,1-14H3/b52-39?,54-51?,55-40-/t41-,42-,43-,44+,57-,60-,61+,62+,63+/m1/s1. The molecule has 5 aliphatic heterocycles. The maximum atomic E-state index is 14.6. The van der Waals surface area contributed by atoms with Crippen LogP contribution in [0.15, 0.2) is 48.9 Å². The SMILES string of the molecule is CCCOC(=O)CC[C@@H]1C2=C(C)C3=N[C@H]([C@H](CC(=O)OCCC)[C@@]3(C)CCC(=O)OCCC)[C@]3(C)N=C(/C(C)=C4\NC(=C(N)C(=N2)C1(C)C)[C@@H](CCC(=O)OCCC)[C@]4(C)CCO)[C@@H](CCC(=O)OCCC)[C@]3(C)CC(=O)OCCC. The second-order valence-electron chi connectivity index (χ2n) is 24.5. The van der Waals surface area contributed by atoms with Gasteiger partial charge in [0.25, 0.3) is 0 Å². The summed E-state index contributed by atoms with van der Waals surface area (Å²) < 4.78 is 34.6. The van der Waals surface area contributed by atoms with Crippen molar-refractivity contribution in [2.45, 2.75) is 218 Å². The van der Waals surface area contributed by atoms with Crippen molar-refractivity contribution in [3.8, 4) is 0 Å². The average Bonchev–Trinajstić information content (AvgIpc) is 4.09. The van der Waals surface area contributed by atoms with Crippen molar-refractivity contribution in [3.63, 3.8) is 0 Å². The van der Waals surface area contributed by atoms with E-state index in [1.165, 1.54) is 0 Å². The molecule has 1 fully saturated rings. The van der Waals surface area contributed by atoms with Crippen molar-refractivity contribution < 1.29 is 62.3 Å². The highest BCUT2D eigenvalue weighted by atomic mass is 16.5. The van der Waals surface area contributed by atoms with Crippen LogP contribution in [-0.4, -0.2) is 116 Å². The third-order valence-electron chi connectivity index (χ3n) is 18.3. The normalized spacial score (nSPS) is 29.2. The fourth-order valence-electron chi connectivity index (χ4n) is 13.6. The molecule has 81 heavy (non-hydrogen) atoms. The molecule has 0 spiro atoms. The maximum Gasteiger partial charge on any atom is 0.306 e. The molecule has 8 bridgehead atoms. The Morgan fingerprint density at radius 2 is 1.02 bits per heavy atom. The number of ether oxygens (including phenoxy) is 6. The number of carbonyl (C=O) groups excluding carboxylic acids is 6. The maximum absolute atomic E-state index is 14.6. The van der Waals surface area contributed by atoms with Gasteiger partial charge in [-0.3, -0.25) is 43.7 Å². The van der Waals surface area contributed by atoms with Crippen molar-refractivity contribution in [1.82, 2.24) is 5.32 Å². The van der Waals surface area contributed by atoms with E-state index in [-0.39, 0.29) is 122 Å². The Balaban J connectivity index is 2.03. The number of rotatable bonds is 30. The summed E-state index contributed by atoms with van der Waals surface area (Å²) in [4.78, 5) is 101. The van der Waals surface area contributed by atoms with Gasteiger partial charge in [0.1, 0.15) is 0 Å². The lowest BCUT2D eigenvalue weighted by molar-refractivity contribution is -0.150. The summed E-state index contributed by atoms with van der Waals surface area (Å²) in [7, 11) is 0. The number of allylic oxidation sites excluding steroid dienone is 6. The van der Waals surface area contributed by atoms with E-state index in [1.54, 1.807) is 0 Å². The molecule has 4 N–H and O–H groups in total. The lowest BCUT2D eigenvalue weighted by atomic mass is 9.55. The van der Waals surface area contributed by atoms with Gasteiger partial charge in [-0.25, -0.2) is 0 Å². The van der Waals surface area contributed by atoms with E-state index in [0.29, 0.717) is 96.0 Å². The van der Waals surface area contributed by atoms with Crippen LogP contribution in [-0.2, 0) is 57.2 Å². The van der Waals surface area contributed by atoms with E-state index in [4.69, 9.17) is 49.1 Å². The van der Waals surface area contributed by atoms with E-state index in [1.807, 2.05) is 76.2 Å². The number of esters is 6. The zero-order chi connectivity index (χ0) is 60.1. The van der Waals surface area contributed by atoms with Gasteiger partial charge in [-0.05, 0) is 103 Å². The van der Waals surface area contributed by atoms with E-state index in [9.17, 15) is 33.9 Å². The minimum atomic E-state index is -1.36. The molecule has 454 valence electrons. The van der Waals surface area contributed by atoms with Crippen molar-refractivity contribution in [3.05, 3.63) is 33.9 Å². The first-order valence-electron chi connectivity index (χ1n) is 30.4. The van der Waals surface area contributed by atoms with Crippen LogP contribution in [0.25, 0.3) is 0 Å². The molecule has 5 heterocycles. The van der Waals surface area contributed by atoms with Gasteiger partial charge in [0, 0.05) is 106 Å². The quantitative estimate of drug-likeness (QED) is 0.0447. The second-order valence-corrected chi connectivity index (χ2v) is 24.5. The van der Waals surface area contributed by atoms with E-state index in [0.717, 1.165) is 0 Å². The fourth-order valence-corrected chi connectivity index (χ4v) is 13.6. The smallest absolute Gasteiger partial charge is 0.306 e. The molecule has 1 saturated heterocycles. The molecule has 9 atom stereocenters. The molecule has 0 aromatic heterocycles. The largest absolute Gasteiger partial charge is 0.466 e. The Bertz CT molecular complexity index is 2510. The van der Waals surface area contributed by atoms with Crippen LogP contribution in [0.3, 0.4) is 0 Å². The van der Waals surface area contributed by atoms with E-state index < -0.39 is 80.8 Å².